The maximum atomic E-state index is 6.04. The zero-order valence-corrected chi connectivity index (χ0v) is 7.96. The molecule has 0 amide bonds. The molecule has 2 aromatic rings. The lowest BCUT2D eigenvalue weighted by molar-refractivity contribution is 0.765. The third-order valence-electron chi connectivity index (χ3n) is 2.13. The maximum Gasteiger partial charge on any atom is 0.0598 e. The van der Waals surface area contributed by atoms with Gasteiger partial charge in [0.2, 0.25) is 0 Å². The van der Waals surface area contributed by atoms with E-state index in [0.29, 0.717) is 0 Å². The van der Waals surface area contributed by atoms with Crippen LogP contribution in [0.2, 0.25) is 0 Å². The Morgan fingerprint density at radius 3 is 2.79 bits per heavy atom. The highest BCUT2D eigenvalue weighted by atomic mass is 15.2. The predicted octanol–water partition coefficient (Wildman–Crippen LogP) is 0.863. The van der Waals surface area contributed by atoms with Crippen molar-refractivity contribution in [2.24, 2.45) is 12.8 Å². The number of hydrogen-bond acceptors (Lipinski definition) is 3. The molecule has 2 N–H and O–H groups in total. The minimum Gasteiger partial charge on any atom is -0.320 e. The molecule has 14 heavy (non-hydrogen) atoms. The van der Waals surface area contributed by atoms with Crippen molar-refractivity contribution in [3.8, 4) is 0 Å². The molecule has 0 saturated heterocycles. The van der Waals surface area contributed by atoms with Crippen LogP contribution in [-0.4, -0.2) is 14.8 Å². The van der Waals surface area contributed by atoms with Gasteiger partial charge in [-0.25, -0.2) is 0 Å². The van der Waals surface area contributed by atoms with E-state index < -0.39 is 0 Å². The summed E-state index contributed by atoms with van der Waals surface area (Å²) in [4.78, 5) is 4.03. The smallest absolute Gasteiger partial charge is 0.0598 e. The van der Waals surface area contributed by atoms with Crippen LogP contribution >= 0.6 is 0 Å². The molecule has 4 heteroatoms. The van der Waals surface area contributed by atoms with E-state index in [1.807, 2.05) is 25.4 Å². The van der Waals surface area contributed by atoms with Gasteiger partial charge in [-0.3, -0.25) is 9.67 Å². The first-order chi connectivity index (χ1) is 6.77. The summed E-state index contributed by atoms with van der Waals surface area (Å²) >= 11 is 0. The standard InChI is InChI=1S/C10H12N4/c1-14-7-9(6-13-14)10(11)8-3-2-4-12-5-8/h2-7,10H,11H2,1H3. The minimum atomic E-state index is -0.141. The molecular weight excluding hydrogens is 176 g/mol. The van der Waals surface area contributed by atoms with Gasteiger partial charge in [0.15, 0.2) is 0 Å². The SMILES string of the molecule is Cn1cc(C(N)c2cccnc2)cn1. The molecule has 0 aromatic carbocycles. The van der Waals surface area contributed by atoms with Gasteiger partial charge in [-0.15, -0.1) is 0 Å². The summed E-state index contributed by atoms with van der Waals surface area (Å²) < 4.78 is 1.74. The summed E-state index contributed by atoms with van der Waals surface area (Å²) in [6.45, 7) is 0. The Bertz CT molecular complexity index is 407. The van der Waals surface area contributed by atoms with Gasteiger partial charge in [-0.2, -0.15) is 5.10 Å². The molecule has 1 unspecified atom stereocenters. The number of aryl methyl sites for hydroxylation is 1. The molecule has 2 rings (SSSR count). The van der Waals surface area contributed by atoms with Crippen molar-refractivity contribution in [3.05, 3.63) is 48.0 Å². The van der Waals surface area contributed by atoms with Crippen molar-refractivity contribution in [1.82, 2.24) is 14.8 Å². The van der Waals surface area contributed by atoms with Gasteiger partial charge in [0.05, 0.1) is 12.2 Å². The average molecular weight is 188 g/mol. The Hall–Kier alpha value is -1.68. The Morgan fingerprint density at radius 1 is 1.36 bits per heavy atom. The van der Waals surface area contributed by atoms with Crippen LogP contribution in [0.5, 0.6) is 0 Å². The lowest BCUT2D eigenvalue weighted by Crippen LogP contribution is -2.11. The zero-order chi connectivity index (χ0) is 9.97. The van der Waals surface area contributed by atoms with E-state index in [1.165, 1.54) is 0 Å². The highest BCUT2D eigenvalue weighted by Crippen LogP contribution is 2.16. The van der Waals surface area contributed by atoms with Crippen molar-refractivity contribution in [1.29, 1.82) is 0 Å². The molecular formula is C10H12N4. The van der Waals surface area contributed by atoms with E-state index in [0.717, 1.165) is 11.1 Å². The molecule has 2 heterocycles. The van der Waals surface area contributed by atoms with Crippen LogP contribution in [0.1, 0.15) is 17.2 Å². The third-order valence-corrected chi connectivity index (χ3v) is 2.13. The molecule has 0 aliphatic carbocycles. The van der Waals surface area contributed by atoms with Gasteiger partial charge in [-0.1, -0.05) is 6.07 Å². The molecule has 0 spiro atoms. The van der Waals surface area contributed by atoms with E-state index in [9.17, 15) is 0 Å². The Morgan fingerprint density at radius 2 is 2.21 bits per heavy atom. The first-order valence-electron chi connectivity index (χ1n) is 4.41. The average Bonchev–Trinajstić information content (AvgIpc) is 2.65. The number of rotatable bonds is 2. The van der Waals surface area contributed by atoms with Crippen LogP contribution in [0.25, 0.3) is 0 Å². The van der Waals surface area contributed by atoms with Crippen LogP contribution in [0.15, 0.2) is 36.9 Å². The van der Waals surface area contributed by atoms with Crippen LogP contribution in [0, 0.1) is 0 Å². The highest BCUT2D eigenvalue weighted by Gasteiger charge is 2.09. The largest absolute Gasteiger partial charge is 0.320 e. The monoisotopic (exact) mass is 188 g/mol. The Balaban J connectivity index is 2.29. The summed E-state index contributed by atoms with van der Waals surface area (Å²) in [6, 6.07) is 3.70. The molecule has 0 saturated carbocycles. The second kappa shape index (κ2) is 3.59. The molecule has 4 nitrogen and oxygen atoms in total. The van der Waals surface area contributed by atoms with Crippen molar-refractivity contribution < 1.29 is 0 Å². The molecule has 72 valence electrons. The molecule has 0 aliphatic rings. The van der Waals surface area contributed by atoms with Crippen molar-refractivity contribution in [2.45, 2.75) is 6.04 Å². The summed E-state index contributed by atoms with van der Waals surface area (Å²) in [5.41, 5.74) is 8.04. The fourth-order valence-electron chi connectivity index (χ4n) is 1.35. The first-order valence-corrected chi connectivity index (χ1v) is 4.41. The fraction of sp³-hybridized carbons (Fsp3) is 0.200. The molecule has 0 aliphatic heterocycles. The summed E-state index contributed by atoms with van der Waals surface area (Å²) in [5.74, 6) is 0. The quantitative estimate of drug-likeness (QED) is 0.760. The van der Waals surface area contributed by atoms with E-state index in [4.69, 9.17) is 5.73 Å². The van der Waals surface area contributed by atoms with Crippen molar-refractivity contribution in [3.63, 3.8) is 0 Å². The van der Waals surface area contributed by atoms with E-state index in [-0.39, 0.29) is 6.04 Å². The summed E-state index contributed by atoms with van der Waals surface area (Å²) in [6.07, 6.45) is 7.20. The van der Waals surface area contributed by atoms with Gasteiger partial charge >= 0.3 is 0 Å². The Labute approximate surface area is 82.4 Å². The van der Waals surface area contributed by atoms with Gasteiger partial charge < -0.3 is 5.73 Å². The van der Waals surface area contributed by atoms with Crippen molar-refractivity contribution >= 4 is 0 Å². The fourth-order valence-corrected chi connectivity index (χ4v) is 1.35. The van der Waals surface area contributed by atoms with Crippen LogP contribution in [0.3, 0.4) is 0 Å². The van der Waals surface area contributed by atoms with Crippen LogP contribution in [-0.2, 0) is 7.05 Å². The third kappa shape index (κ3) is 1.65. The first kappa shape index (κ1) is 8.90. The van der Waals surface area contributed by atoms with E-state index in [1.54, 1.807) is 23.3 Å². The molecule has 0 fully saturated rings. The molecule has 1 atom stereocenters. The van der Waals surface area contributed by atoms with Crippen LogP contribution < -0.4 is 5.73 Å². The molecule has 2 aromatic heterocycles. The highest BCUT2D eigenvalue weighted by molar-refractivity contribution is 5.25. The lowest BCUT2D eigenvalue weighted by atomic mass is 10.1. The summed E-state index contributed by atoms with van der Waals surface area (Å²) in [7, 11) is 1.87. The normalized spacial score (nSPS) is 12.7. The molecule has 0 radical (unpaired) electrons. The zero-order valence-electron chi connectivity index (χ0n) is 7.96. The predicted molar refractivity (Wildman–Crippen MR) is 53.5 cm³/mol. The number of hydrogen-bond donors (Lipinski definition) is 1. The Kier molecular flexibility index (Phi) is 2.28. The molecule has 0 bridgehead atoms. The van der Waals surface area contributed by atoms with Crippen molar-refractivity contribution in [2.75, 3.05) is 0 Å². The van der Waals surface area contributed by atoms with E-state index in [2.05, 4.69) is 10.1 Å². The minimum absolute atomic E-state index is 0.141. The lowest BCUT2D eigenvalue weighted by Gasteiger charge is -2.08. The number of pyridine rings is 1. The second-order valence-corrected chi connectivity index (χ2v) is 3.21. The number of nitrogens with two attached hydrogens (primary N) is 1. The topological polar surface area (TPSA) is 56.7 Å². The van der Waals surface area contributed by atoms with Crippen LogP contribution in [0.4, 0.5) is 0 Å². The maximum absolute atomic E-state index is 6.04. The summed E-state index contributed by atoms with van der Waals surface area (Å²) in [5, 5.41) is 4.08. The van der Waals surface area contributed by atoms with Gasteiger partial charge in [-0.05, 0) is 11.6 Å². The van der Waals surface area contributed by atoms with E-state index >= 15 is 0 Å². The van der Waals surface area contributed by atoms with Gasteiger partial charge in [0, 0.05) is 31.2 Å². The number of aromatic nitrogens is 3. The van der Waals surface area contributed by atoms with Gasteiger partial charge in [0.1, 0.15) is 0 Å². The van der Waals surface area contributed by atoms with Gasteiger partial charge in [0.25, 0.3) is 0 Å². The second-order valence-electron chi connectivity index (χ2n) is 3.21. The number of nitrogens with zero attached hydrogens (tertiary/aromatic N) is 3.